The molecule has 0 saturated carbocycles. The largest absolute Gasteiger partial charge is 0.527 e. The molecule has 2 unspecified atom stereocenters. The standard InChI is InChI=1S/C22H58N2O12Si5/c1-27-40(28-2,29-3)15-13-14-33-18-21(25)16-23-37(7,8)35-39(11,12)36-38(9,10)24-17-22(26)19-34-20-41(30-4,31-5)32-6/h21-26H,13-20H2,1-12H3. The number of aliphatic hydroxyl groups excluding tert-OH is 2. The molecule has 0 amide bonds. The van der Waals surface area contributed by atoms with Crippen LogP contribution in [0.1, 0.15) is 6.42 Å². The van der Waals surface area contributed by atoms with Crippen LogP contribution in [0.15, 0.2) is 0 Å². The minimum atomic E-state index is -2.85. The molecule has 4 N–H and O–H groups in total. The number of hydrogen-bond acceptors (Lipinski definition) is 14. The van der Waals surface area contributed by atoms with Crippen molar-refractivity contribution in [1.82, 2.24) is 9.96 Å². The minimum absolute atomic E-state index is 0.103. The van der Waals surface area contributed by atoms with Gasteiger partial charge in [-0.1, -0.05) is 0 Å². The summed E-state index contributed by atoms with van der Waals surface area (Å²) in [5, 5.41) is 20.8. The van der Waals surface area contributed by atoms with Gasteiger partial charge in [0.1, 0.15) is 6.23 Å². The zero-order valence-corrected chi connectivity index (χ0v) is 32.3. The molecule has 0 aromatic carbocycles. The van der Waals surface area contributed by atoms with Crippen molar-refractivity contribution in [3.05, 3.63) is 0 Å². The average Bonchev–Trinajstić information content (AvgIpc) is 2.90. The first-order valence-corrected chi connectivity index (χ1v) is 26.2. The van der Waals surface area contributed by atoms with Gasteiger partial charge in [0.05, 0.1) is 25.4 Å². The third-order valence-electron chi connectivity index (χ3n) is 6.07. The first-order valence-electron chi connectivity index (χ1n) is 13.7. The Morgan fingerprint density at radius 1 is 0.585 bits per heavy atom. The highest BCUT2D eigenvalue weighted by Crippen LogP contribution is 2.19. The first kappa shape index (κ1) is 41.5. The van der Waals surface area contributed by atoms with Gasteiger partial charge in [0, 0.05) is 68.4 Å². The van der Waals surface area contributed by atoms with Crippen molar-refractivity contribution in [3.8, 4) is 0 Å². The van der Waals surface area contributed by atoms with Crippen LogP contribution in [0.5, 0.6) is 0 Å². The maximum atomic E-state index is 10.4. The topological polar surface area (TPSA) is 157 Å². The lowest BCUT2D eigenvalue weighted by atomic mass is 10.4. The Kier molecular flexibility index (Phi) is 20.1. The van der Waals surface area contributed by atoms with Gasteiger partial charge in [0.25, 0.3) is 17.0 Å². The summed E-state index contributed by atoms with van der Waals surface area (Å²) in [7, 11) is -3.47. The maximum Gasteiger partial charge on any atom is 0.527 e. The van der Waals surface area contributed by atoms with E-state index in [-0.39, 0.29) is 19.4 Å². The van der Waals surface area contributed by atoms with Gasteiger partial charge < -0.3 is 64.4 Å². The number of rotatable bonds is 26. The van der Waals surface area contributed by atoms with Crippen LogP contribution >= 0.6 is 0 Å². The Hall–Kier alpha value is 0.524. The van der Waals surface area contributed by atoms with Crippen molar-refractivity contribution in [2.75, 3.05) is 81.8 Å². The average molecular weight is 683 g/mol. The Morgan fingerprint density at radius 3 is 1.37 bits per heavy atom. The molecule has 0 aromatic rings. The smallest absolute Gasteiger partial charge is 0.424 e. The van der Waals surface area contributed by atoms with Crippen molar-refractivity contribution in [1.29, 1.82) is 0 Å². The molecule has 0 fully saturated rings. The van der Waals surface area contributed by atoms with E-state index in [0.717, 1.165) is 0 Å². The monoisotopic (exact) mass is 682 g/mol. The van der Waals surface area contributed by atoms with Gasteiger partial charge in [-0.2, -0.15) is 0 Å². The lowest BCUT2D eigenvalue weighted by Crippen LogP contribution is -2.62. The molecule has 0 saturated heterocycles. The van der Waals surface area contributed by atoms with Crippen LogP contribution in [0.25, 0.3) is 0 Å². The second-order valence-electron chi connectivity index (χ2n) is 11.0. The number of aliphatic hydroxyl groups is 2. The van der Waals surface area contributed by atoms with Gasteiger partial charge in [-0.15, -0.1) is 0 Å². The van der Waals surface area contributed by atoms with Crippen LogP contribution in [-0.2, 0) is 44.3 Å². The number of hydrogen-bond donors (Lipinski definition) is 4. The summed E-state index contributed by atoms with van der Waals surface area (Å²) in [6.45, 7) is 13.6. The quantitative estimate of drug-likeness (QED) is 0.0749. The summed E-state index contributed by atoms with van der Waals surface area (Å²) in [5.41, 5.74) is 0. The van der Waals surface area contributed by atoms with Gasteiger partial charge in [-0.3, -0.25) is 0 Å². The predicted molar refractivity (Wildman–Crippen MR) is 167 cm³/mol. The number of nitrogens with one attached hydrogen (secondary N) is 2. The molecule has 248 valence electrons. The van der Waals surface area contributed by atoms with Gasteiger partial charge in [0.2, 0.25) is 0 Å². The highest BCUT2D eigenvalue weighted by molar-refractivity contribution is 6.86. The van der Waals surface area contributed by atoms with Crippen molar-refractivity contribution < 1.29 is 54.5 Å². The zero-order valence-electron chi connectivity index (χ0n) is 27.3. The Labute approximate surface area is 253 Å². The number of ether oxygens (including phenoxy) is 2. The Bertz CT molecular complexity index is 675. The fourth-order valence-corrected chi connectivity index (χ4v) is 19.4. The van der Waals surface area contributed by atoms with Crippen LogP contribution < -0.4 is 9.96 Å². The van der Waals surface area contributed by atoms with Gasteiger partial charge in [-0.25, -0.2) is 0 Å². The summed E-state index contributed by atoms with van der Waals surface area (Å²) in [6, 6.07) is 0.638. The van der Waals surface area contributed by atoms with Crippen molar-refractivity contribution in [2.24, 2.45) is 0 Å². The highest BCUT2D eigenvalue weighted by Gasteiger charge is 2.41. The molecule has 0 rings (SSSR count). The fraction of sp³-hybridized carbons (Fsp3) is 1.00. The van der Waals surface area contributed by atoms with Gasteiger partial charge in [-0.05, 0) is 45.7 Å². The van der Waals surface area contributed by atoms with E-state index in [1.54, 1.807) is 21.3 Å². The van der Waals surface area contributed by atoms with Crippen molar-refractivity contribution in [3.63, 3.8) is 0 Å². The summed E-state index contributed by atoms with van der Waals surface area (Å²) in [5.74, 6) is 0. The maximum absolute atomic E-state index is 10.4. The van der Waals surface area contributed by atoms with Crippen LogP contribution in [0.4, 0.5) is 0 Å². The molecule has 0 aliphatic heterocycles. The van der Waals surface area contributed by atoms with Crippen LogP contribution in [0.3, 0.4) is 0 Å². The molecule has 0 aliphatic carbocycles. The minimum Gasteiger partial charge on any atom is -0.424 e. The first-order chi connectivity index (χ1) is 19.0. The molecule has 0 spiro atoms. The molecule has 0 bridgehead atoms. The van der Waals surface area contributed by atoms with Gasteiger partial charge in [0.15, 0.2) is 0 Å². The van der Waals surface area contributed by atoms with Crippen LogP contribution in [-0.4, -0.2) is 147 Å². The second-order valence-corrected chi connectivity index (χ2v) is 28.1. The lowest BCUT2D eigenvalue weighted by molar-refractivity contribution is 0.0215. The van der Waals surface area contributed by atoms with E-state index in [4.69, 9.17) is 44.3 Å². The molecule has 14 nitrogen and oxygen atoms in total. The van der Waals surface area contributed by atoms with E-state index in [0.29, 0.717) is 32.2 Å². The Morgan fingerprint density at radius 2 is 0.976 bits per heavy atom. The summed E-state index contributed by atoms with van der Waals surface area (Å²) in [6.07, 6.45) is -0.566. The fourth-order valence-electron chi connectivity index (χ4n) is 4.08. The van der Waals surface area contributed by atoms with E-state index < -0.39 is 55.3 Å². The third kappa shape index (κ3) is 17.6. The normalized spacial score (nSPS) is 15.4. The molecule has 0 heterocycles. The molecule has 19 heteroatoms. The Balaban J connectivity index is 4.50. The summed E-state index contributed by atoms with van der Waals surface area (Å²) >= 11 is 0. The van der Waals surface area contributed by atoms with Crippen LogP contribution in [0.2, 0.25) is 45.3 Å². The molecular formula is C22H58N2O12Si5. The SMILES string of the molecule is CO[Si](CCCOCC(O)CN[Si](C)(C)O[Si](C)(C)O[Si](C)(C)NCC(O)COC[Si](OC)(OC)OC)(OC)OC. The summed E-state index contributed by atoms with van der Waals surface area (Å²) < 4.78 is 56.4. The predicted octanol–water partition coefficient (Wildman–Crippen LogP) is 0.745. The second kappa shape index (κ2) is 19.8. The molecular weight excluding hydrogens is 625 g/mol. The molecule has 0 aromatic heterocycles. The van der Waals surface area contributed by atoms with Crippen LogP contribution in [0, 0.1) is 0 Å². The highest BCUT2D eigenvalue weighted by atomic mass is 28.5. The third-order valence-corrected chi connectivity index (χ3v) is 21.4. The molecule has 2 atom stereocenters. The molecule has 0 aliphatic rings. The van der Waals surface area contributed by atoms with E-state index >= 15 is 0 Å². The van der Waals surface area contributed by atoms with E-state index in [9.17, 15) is 10.2 Å². The van der Waals surface area contributed by atoms with E-state index in [1.807, 2.05) is 39.3 Å². The molecule has 41 heavy (non-hydrogen) atoms. The van der Waals surface area contributed by atoms with Crippen molar-refractivity contribution in [2.45, 2.75) is 64.0 Å². The van der Waals surface area contributed by atoms with E-state index in [1.165, 1.54) is 21.3 Å². The van der Waals surface area contributed by atoms with Gasteiger partial charge >= 0.3 is 26.2 Å². The van der Waals surface area contributed by atoms with Crippen molar-refractivity contribution >= 4 is 43.1 Å². The lowest BCUT2D eigenvalue weighted by Gasteiger charge is -2.39. The molecule has 0 radical (unpaired) electrons. The van der Waals surface area contributed by atoms with E-state index in [2.05, 4.69) is 9.96 Å². The summed E-state index contributed by atoms with van der Waals surface area (Å²) in [4.78, 5) is 6.76. The zero-order chi connectivity index (χ0) is 31.8.